The van der Waals surface area contributed by atoms with E-state index in [4.69, 9.17) is 7.85 Å². The van der Waals surface area contributed by atoms with Gasteiger partial charge in [-0.15, -0.1) is 0 Å². The summed E-state index contributed by atoms with van der Waals surface area (Å²) in [5.41, 5.74) is 2.23. The summed E-state index contributed by atoms with van der Waals surface area (Å²) in [5.74, 6) is 0.0368. The van der Waals surface area contributed by atoms with Gasteiger partial charge in [-0.05, 0) is 12.1 Å². The molecule has 0 saturated carbocycles. The van der Waals surface area contributed by atoms with Gasteiger partial charge in [-0.3, -0.25) is 4.79 Å². The number of benzene rings is 1. The average Bonchev–Trinajstić information content (AvgIpc) is 2.46. The van der Waals surface area contributed by atoms with Gasteiger partial charge in [-0.1, -0.05) is 17.6 Å². The minimum Gasteiger partial charge on any atom is -0.352 e. The molecule has 0 saturated heterocycles. The fourth-order valence-electron chi connectivity index (χ4n) is 1.33. The molecule has 0 unspecified atom stereocenters. The van der Waals surface area contributed by atoms with E-state index in [2.05, 4.69) is 4.98 Å². The van der Waals surface area contributed by atoms with Crippen LogP contribution in [0.25, 0.3) is 10.9 Å². The number of fused-ring (bicyclic) bond motifs is 1. The van der Waals surface area contributed by atoms with Crippen LogP contribution < -0.4 is 5.46 Å². The van der Waals surface area contributed by atoms with Crippen molar-refractivity contribution in [1.29, 1.82) is 0 Å². The lowest BCUT2D eigenvalue weighted by molar-refractivity contribution is 0.101. The number of aromatic amines is 1. The zero-order chi connectivity index (χ0) is 9.42. The number of hydrogen-bond donors (Lipinski definition) is 1. The first-order chi connectivity index (χ1) is 6.16. The number of aromatic nitrogens is 1. The van der Waals surface area contributed by atoms with E-state index < -0.39 is 0 Å². The Balaban J connectivity index is 2.68. The first kappa shape index (κ1) is 8.11. The lowest BCUT2D eigenvalue weighted by atomic mass is 9.96. The Labute approximate surface area is 77.4 Å². The monoisotopic (exact) mass is 169 g/mol. The van der Waals surface area contributed by atoms with Gasteiger partial charge in [0, 0.05) is 17.8 Å². The van der Waals surface area contributed by atoms with Gasteiger partial charge in [-0.25, -0.2) is 0 Å². The Hall–Kier alpha value is -1.51. The zero-order valence-corrected chi connectivity index (χ0v) is 7.29. The van der Waals surface area contributed by atoms with Crippen LogP contribution in [0.5, 0.6) is 0 Å². The van der Waals surface area contributed by atoms with Gasteiger partial charge in [0.15, 0.2) is 5.78 Å². The molecular weight excluding hydrogens is 161 g/mol. The highest BCUT2D eigenvalue weighted by atomic mass is 16.1. The third-order valence-electron chi connectivity index (χ3n) is 2.03. The van der Waals surface area contributed by atoms with Gasteiger partial charge in [0.05, 0.1) is 5.69 Å². The van der Waals surface area contributed by atoms with Crippen LogP contribution in [0.1, 0.15) is 17.4 Å². The molecule has 3 heteroatoms. The fourth-order valence-corrected chi connectivity index (χ4v) is 1.33. The quantitative estimate of drug-likeness (QED) is 0.504. The van der Waals surface area contributed by atoms with Gasteiger partial charge in [0.2, 0.25) is 0 Å². The van der Waals surface area contributed by atoms with Gasteiger partial charge in [0.25, 0.3) is 0 Å². The van der Waals surface area contributed by atoms with Gasteiger partial charge < -0.3 is 4.98 Å². The molecule has 1 aromatic carbocycles. The first-order valence-electron chi connectivity index (χ1n) is 4.06. The SMILES string of the molecule is [B]c1ccc2cc(C(C)=O)[nH]c2c1. The van der Waals surface area contributed by atoms with E-state index in [0.717, 1.165) is 10.9 Å². The number of rotatable bonds is 1. The van der Waals surface area contributed by atoms with Crippen LogP contribution in [0.3, 0.4) is 0 Å². The molecule has 2 nitrogen and oxygen atoms in total. The molecule has 0 aliphatic heterocycles. The minimum absolute atomic E-state index is 0.0368. The summed E-state index contributed by atoms with van der Waals surface area (Å²) < 4.78 is 0. The van der Waals surface area contributed by atoms with Crippen LogP contribution in [-0.4, -0.2) is 18.6 Å². The van der Waals surface area contributed by atoms with E-state index >= 15 is 0 Å². The van der Waals surface area contributed by atoms with Crippen molar-refractivity contribution in [2.24, 2.45) is 0 Å². The molecule has 13 heavy (non-hydrogen) atoms. The van der Waals surface area contributed by atoms with Crippen molar-refractivity contribution in [2.45, 2.75) is 6.92 Å². The Morgan fingerprint density at radius 2 is 2.15 bits per heavy atom. The van der Waals surface area contributed by atoms with Crippen molar-refractivity contribution < 1.29 is 4.79 Å². The van der Waals surface area contributed by atoms with E-state index in [1.165, 1.54) is 6.92 Å². The second-order valence-electron chi connectivity index (χ2n) is 3.09. The highest BCUT2D eigenvalue weighted by molar-refractivity contribution is 6.33. The van der Waals surface area contributed by atoms with Crippen molar-refractivity contribution in [2.75, 3.05) is 0 Å². The summed E-state index contributed by atoms with van der Waals surface area (Å²) in [4.78, 5) is 14.0. The summed E-state index contributed by atoms with van der Waals surface area (Å²) in [6.45, 7) is 1.54. The predicted octanol–water partition coefficient (Wildman–Crippen LogP) is 1.16. The predicted molar refractivity (Wildman–Crippen MR) is 53.7 cm³/mol. The number of nitrogens with one attached hydrogen (secondary N) is 1. The van der Waals surface area contributed by atoms with Crippen molar-refractivity contribution in [3.63, 3.8) is 0 Å². The smallest absolute Gasteiger partial charge is 0.175 e. The summed E-state index contributed by atoms with van der Waals surface area (Å²) in [5, 5.41) is 1.01. The summed E-state index contributed by atoms with van der Waals surface area (Å²) in [6, 6.07) is 7.37. The van der Waals surface area contributed by atoms with Crippen LogP contribution >= 0.6 is 0 Å². The van der Waals surface area contributed by atoms with Gasteiger partial charge >= 0.3 is 0 Å². The maximum Gasteiger partial charge on any atom is 0.175 e. The number of carbonyl (C=O) groups is 1. The molecule has 1 aromatic heterocycles. The summed E-state index contributed by atoms with van der Waals surface area (Å²) in [6.07, 6.45) is 0. The molecule has 0 bridgehead atoms. The van der Waals surface area contributed by atoms with Crippen molar-refractivity contribution in [1.82, 2.24) is 4.98 Å². The molecule has 0 atom stereocenters. The number of ketones is 1. The first-order valence-corrected chi connectivity index (χ1v) is 4.06. The van der Waals surface area contributed by atoms with Crippen LogP contribution in [0.15, 0.2) is 24.3 Å². The maximum absolute atomic E-state index is 11.0. The summed E-state index contributed by atoms with van der Waals surface area (Å²) in [7, 11) is 5.60. The molecule has 1 N–H and O–H groups in total. The number of H-pyrrole nitrogens is 1. The third kappa shape index (κ3) is 1.37. The molecule has 62 valence electrons. The van der Waals surface area contributed by atoms with E-state index in [9.17, 15) is 4.79 Å². The molecule has 0 aliphatic carbocycles. The zero-order valence-electron chi connectivity index (χ0n) is 7.29. The van der Waals surface area contributed by atoms with Crippen molar-refractivity contribution in [3.05, 3.63) is 30.0 Å². The average molecular weight is 169 g/mol. The molecule has 2 aromatic rings. The Bertz CT molecular complexity index is 473. The minimum atomic E-state index is 0.0368. The Kier molecular flexibility index (Phi) is 1.73. The number of Topliss-reactive ketones (excluding diaryl/α,β-unsaturated/α-hetero) is 1. The highest BCUT2D eigenvalue weighted by Gasteiger charge is 2.03. The normalized spacial score (nSPS) is 10.5. The Morgan fingerprint density at radius 3 is 2.85 bits per heavy atom. The molecule has 0 amide bonds. The molecular formula is C10H8BNO. The van der Waals surface area contributed by atoms with Crippen molar-refractivity contribution in [3.8, 4) is 0 Å². The van der Waals surface area contributed by atoms with Crippen LogP contribution in [0.2, 0.25) is 0 Å². The molecule has 0 spiro atoms. The van der Waals surface area contributed by atoms with E-state index in [-0.39, 0.29) is 5.78 Å². The fraction of sp³-hybridized carbons (Fsp3) is 0.100. The van der Waals surface area contributed by atoms with Crippen molar-refractivity contribution >= 4 is 30.0 Å². The summed E-state index contributed by atoms with van der Waals surface area (Å²) >= 11 is 0. The van der Waals surface area contributed by atoms with Crippen LogP contribution in [-0.2, 0) is 0 Å². The van der Waals surface area contributed by atoms with E-state index in [1.54, 1.807) is 0 Å². The second kappa shape index (κ2) is 2.77. The molecule has 0 fully saturated rings. The number of hydrogen-bond acceptors (Lipinski definition) is 1. The lowest BCUT2D eigenvalue weighted by Gasteiger charge is -1.91. The number of carbonyl (C=O) groups excluding carboxylic acids is 1. The van der Waals surface area contributed by atoms with E-state index in [1.807, 2.05) is 24.3 Å². The largest absolute Gasteiger partial charge is 0.352 e. The standard InChI is InChI=1S/C10H8BNO/c1-6(13)9-4-7-2-3-8(11)5-10(7)12-9/h2-5,12H,1H3. The molecule has 0 aliphatic rings. The second-order valence-corrected chi connectivity index (χ2v) is 3.09. The third-order valence-corrected chi connectivity index (χ3v) is 2.03. The van der Waals surface area contributed by atoms with Gasteiger partial charge in [-0.2, -0.15) is 0 Å². The Morgan fingerprint density at radius 1 is 1.38 bits per heavy atom. The molecule has 1 heterocycles. The lowest BCUT2D eigenvalue weighted by Crippen LogP contribution is -1.99. The molecule has 2 radical (unpaired) electrons. The topological polar surface area (TPSA) is 32.9 Å². The maximum atomic E-state index is 11.0. The van der Waals surface area contributed by atoms with Crippen LogP contribution in [0, 0.1) is 0 Å². The van der Waals surface area contributed by atoms with Gasteiger partial charge in [0.1, 0.15) is 7.85 Å². The molecule has 2 rings (SSSR count). The van der Waals surface area contributed by atoms with Crippen LogP contribution in [0.4, 0.5) is 0 Å². The van der Waals surface area contributed by atoms with E-state index in [0.29, 0.717) is 11.2 Å². The highest BCUT2D eigenvalue weighted by Crippen LogP contribution is 2.13.